The lowest BCUT2D eigenvalue weighted by molar-refractivity contribution is 0.229. The first-order valence-corrected chi connectivity index (χ1v) is 5.50. The van der Waals surface area contributed by atoms with Crippen LogP contribution in [0.4, 0.5) is 0 Å². The minimum absolute atomic E-state index is 0.627. The lowest BCUT2D eigenvalue weighted by atomic mass is 10.0. The normalized spacial score (nSPS) is 11.6. The van der Waals surface area contributed by atoms with Gasteiger partial charge in [0.2, 0.25) is 0 Å². The quantitative estimate of drug-likeness (QED) is 0.784. The van der Waals surface area contributed by atoms with Gasteiger partial charge in [0.1, 0.15) is 6.10 Å². The lowest BCUT2D eigenvalue weighted by Gasteiger charge is -2.06. The van der Waals surface area contributed by atoms with Crippen molar-refractivity contribution in [2.75, 3.05) is 0 Å². The van der Waals surface area contributed by atoms with Crippen molar-refractivity contribution < 1.29 is 5.11 Å². The Kier molecular flexibility index (Phi) is 3.56. The second kappa shape index (κ2) is 5.31. The summed E-state index contributed by atoms with van der Waals surface area (Å²) in [4.78, 5) is 0. The van der Waals surface area contributed by atoms with Gasteiger partial charge in [0, 0.05) is 0 Å². The molecule has 2 rings (SSSR count). The van der Waals surface area contributed by atoms with Crippen LogP contribution in [0.2, 0.25) is 0 Å². The van der Waals surface area contributed by atoms with Gasteiger partial charge in [-0.25, -0.2) is 0 Å². The Balaban J connectivity index is 2.27. The van der Waals surface area contributed by atoms with Gasteiger partial charge in [-0.1, -0.05) is 61.2 Å². The van der Waals surface area contributed by atoms with Gasteiger partial charge in [-0.05, 0) is 22.8 Å². The third kappa shape index (κ3) is 2.73. The molecule has 0 heterocycles. The van der Waals surface area contributed by atoms with E-state index in [0.29, 0.717) is 0 Å². The second-order valence-corrected chi connectivity index (χ2v) is 3.80. The third-order valence-electron chi connectivity index (χ3n) is 2.64. The number of aliphatic hydroxyl groups excluding tert-OH is 1. The molecule has 0 saturated carbocycles. The van der Waals surface area contributed by atoms with Gasteiger partial charge in [-0.2, -0.15) is 0 Å². The van der Waals surface area contributed by atoms with Gasteiger partial charge in [0.15, 0.2) is 0 Å². The van der Waals surface area contributed by atoms with E-state index in [1.807, 2.05) is 42.5 Å². The lowest BCUT2D eigenvalue weighted by Crippen LogP contribution is -1.91. The van der Waals surface area contributed by atoms with Crippen LogP contribution in [0.1, 0.15) is 11.7 Å². The summed E-state index contributed by atoms with van der Waals surface area (Å²) < 4.78 is 0. The van der Waals surface area contributed by atoms with Crippen molar-refractivity contribution in [2.24, 2.45) is 0 Å². The fraction of sp³-hybridized carbons (Fsp3) is 0.0625. The molecule has 2 aromatic rings. The summed E-state index contributed by atoms with van der Waals surface area (Å²) in [5, 5.41) is 9.72. The molecule has 1 N–H and O–H groups in total. The van der Waals surface area contributed by atoms with E-state index in [1.165, 1.54) is 11.6 Å². The van der Waals surface area contributed by atoms with Crippen LogP contribution in [0.25, 0.3) is 11.1 Å². The van der Waals surface area contributed by atoms with Crippen molar-refractivity contribution in [3.63, 3.8) is 0 Å². The largest absolute Gasteiger partial charge is 0.384 e. The molecule has 1 unspecified atom stereocenters. The van der Waals surface area contributed by atoms with E-state index >= 15 is 0 Å². The summed E-state index contributed by atoms with van der Waals surface area (Å²) in [6, 6.07) is 18.0. The molecule has 0 amide bonds. The van der Waals surface area contributed by atoms with Gasteiger partial charge in [0.05, 0.1) is 0 Å². The van der Waals surface area contributed by atoms with Crippen LogP contribution in [0, 0.1) is 0 Å². The SMILES string of the molecule is C=C=CC(O)c1ccc(-c2ccccc2)cc1. The molecule has 1 atom stereocenters. The zero-order valence-corrected chi connectivity index (χ0v) is 9.51. The van der Waals surface area contributed by atoms with E-state index in [2.05, 4.69) is 24.4 Å². The van der Waals surface area contributed by atoms with Crippen LogP contribution in [-0.2, 0) is 0 Å². The maximum absolute atomic E-state index is 9.72. The van der Waals surface area contributed by atoms with Crippen LogP contribution in [0.15, 0.2) is 73.0 Å². The van der Waals surface area contributed by atoms with Crippen LogP contribution < -0.4 is 0 Å². The highest BCUT2D eigenvalue weighted by Gasteiger charge is 2.03. The van der Waals surface area contributed by atoms with Crippen molar-refractivity contribution >= 4 is 0 Å². The maximum atomic E-state index is 9.72. The average Bonchev–Trinajstić information content (AvgIpc) is 2.40. The summed E-state index contributed by atoms with van der Waals surface area (Å²) in [6.07, 6.45) is 0.912. The first-order chi connectivity index (χ1) is 8.31. The van der Waals surface area contributed by atoms with Crippen LogP contribution in [0.3, 0.4) is 0 Å². The predicted octanol–water partition coefficient (Wildman–Crippen LogP) is 3.73. The van der Waals surface area contributed by atoms with Gasteiger partial charge < -0.3 is 5.11 Å². The average molecular weight is 222 g/mol. The summed E-state index contributed by atoms with van der Waals surface area (Å²) in [7, 11) is 0. The minimum Gasteiger partial charge on any atom is -0.384 e. The number of rotatable bonds is 3. The van der Waals surface area contributed by atoms with Gasteiger partial charge in [-0.3, -0.25) is 0 Å². The Morgan fingerprint density at radius 1 is 0.941 bits per heavy atom. The Bertz CT molecular complexity index is 519. The summed E-state index contributed by atoms with van der Waals surface area (Å²) in [6.45, 7) is 3.45. The molecule has 0 spiro atoms. The monoisotopic (exact) mass is 222 g/mol. The van der Waals surface area contributed by atoms with Crippen LogP contribution >= 0.6 is 0 Å². The second-order valence-electron chi connectivity index (χ2n) is 3.80. The third-order valence-corrected chi connectivity index (χ3v) is 2.64. The molecule has 17 heavy (non-hydrogen) atoms. The summed E-state index contributed by atoms with van der Waals surface area (Å²) >= 11 is 0. The molecule has 0 aliphatic rings. The Labute approximate surface area is 101 Å². The molecule has 0 fully saturated rings. The van der Waals surface area contributed by atoms with Gasteiger partial charge >= 0.3 is 0 Å². The van der Waals surface area contributed by atoms with Crippen molar-refractivity contribution in [3.8, 4) is 11.1 Å². The highest BCUT2D eigenvalue weighted by molar-refractivity contribution is 5.63. The van der Waals surface area contributed by atoms with Crippen molar-refractivity contribution in [2.45, 2.75) is 6.10 Å². The molecule has 0 aliphatic heterocycles. The number of hydrogen-bond acceptors (Lipinski definition) is 1. The molecule has 84 valence electrons. The highest BCUT2D eigenvalue weighted by atomic mass is 16.3. The first-order valence-electron chi connectivity index (χ1n) is 5.50. The standard InChI is InChI=1S/C16H14O/c1-2-6-16(17)15-11-9-14(10-12-15)13-7-4-3-5-8-13/h3-12,16-17H,1H2. The van der Waals surface area contributed by atoms with Crippen LogP contribution in [0.5, 0.6) is 0 Å². The van der Waals surface area contributed by atoms with Crippen molar-refractivity contribution in [1.82, 2.24) is 0 Å². The number of hydrogen-bond donors (Lipinski definition) is 1. The molecule has 2 aromatic carbocycles. The molecular formula is C16H14O. The van der Waals surface area contributed by atoms with Gasteiger partial charge in [0.25, 0.3) is 0 Å². The molecule has 0 bridgehead atoms. The zero-order valence-electron chi connectivity index (χ0n) is 9.51. The van der Waals surface area contributed by atoms with Gasteiger partial charge in [-0.15, -0.1) is 5.73 Å². The number of aliphatic hydroxyl groups is 1. The van der Waals surface area contributed by atoms with E-state index in [1.54, 1.807) is 0 Å². The molecule has 1 heteroatoms. The Morgan fingerprint density at radius 2 is 1.53 bits per heavy atom. The van der Waals surface area contributed by atoms with Crippen LogP contribution in [-0.4, -0.2) is 5.11 Å². The molecule has 0 aliphatic carbocycles. The molecule has 0 radical (unpaired) electrons. The topological polar surface area (TPSA) is 20.2 Å². The van der Waals surface area contributed by atoms with E-state index < -0.39 is 6.10 Å². The predicted molar refractivity (Wildman–Crippen MR) is 70.5 cm³/mol. The van der Waals surface area contributed by atoms with E-state index in [9.17, 15) is 5.11 Å². The molecular weight excluding hydrogens is 208 g/mol. The maximum Gasteiger partial charge on any atom is 0.104 e. The molecule has 0 saturated heterocycles. The fourth-order valence-electron chi connectivity index (χ4n) is 1.71. The zero-order chi connectivity index (χ0) is 12.1. The van der Waals surface area contributed by atoms with Crippen molar-refractivity contribution in [1.29, 1.82) is 0 Å². The van der Waals surface area contributed by atoms with E-state index in [-0.39, 0.29) is 0 Å². The Morgan fingerprint density at radius 3 is 2.12 bits per heavy atom. The summed E-state index contributed by atoms with van der Waals surface area (Å²) in [5.74, 6) is 0. The first kappa shape index (κ1) is 11.4. The smallest absolute Gasteiger partial charge is 0.104 e. The van der Waals surface area contributed by atoms with E-state index in [0.717, 1.165) is 11.1 Å². The Hall–Kier alpha value is -2.08. The van der Waals surface area contributed by atoms with Crippen molar-refractivity contribution in [3.05, 3.63) is 78.5 Å². The molecule has 1 nitrogen and oxygen atoms in total. The minimum atomic E-state index is -0.627. The van der Waals surface area contributed by atoms with E-state index in [4.69, 9.17) is 0 Å². The fourth-order valence-corrected chi connectivity index (χ4v) is 1.71. The highest BCUT2D eigenvalue weighted by Crippen LogP contribution is 2.22. The number of benzene rings is 2. The summed E-state index contributed by atoms with van der Waals surface area (Å²) in [5.41, 5.74) is 5.75. The molecule has 0 aromatic heterocycles.